The van der Waals surface area contributed by atoms with Crippen LogP contribution in [0.1, 0.15) is 24.2 Å². The lowest BCUT2D eigenvalue weighted by molar-refractivity contribution is -0.895. The van der Waals surface area contributed by atoms with Crippen molar-refractivity contribution in [3.8, 4) is 0 Å². The van der Waals surface area contributed by atoms with E-state index in [1.54, 1.807) is 11.3 Å². The highest BCUT2D eigenvalue weighted by Gasteiger charge is 2.15. The van der Waals surface area contributed by atoms with Crippen LogP contribution in [0.3, 0.4) is 0 Å². The second-order valence-electron chi connectivity index (χ2n) is 7.18. The maximum absolute atomic E-state index is 13.0. The standard InChI is InChI=1S/C23H23ClN4OS2/c1-3-28(4-2)12-11-25-22(29)17-14-21(26-18-8-6-5-7-16(17)18)31-23-27-19-13-15(24)9-10-20(19)30-23/h5-10,13-14H,3-4,11-12H2,1-2H3,(H,25,29)/p+1. The number of benzene rings is 2. The molecule has 8 heteroatoms. The normalized spacial score (nSPS) is 11.5. The first-order chi connectivity index (χ1) is 15.1. The van der Waals surface area contributed by atoms with Gasteiger partial charge in [0.05, 0.1) is 47.5 Å². The van der Waals surface area contributed by atoms with Gasteiger partial charge in [0.1, 0.15) is 5.03 Å². The summed E-state index contributed by atoms with van der Waals surface area (Å²) in [6.45, 7) is 8.00. The molecule has 160 valence electrons. The van der Waals surface area contributed by atoms with Gasteiger partial charge in [-0.25, -0.2) is 9.97 Å². The Morgan fingerprint density at radius 2 is 1.90 bits per heavy atom. The van der Waals surface area contributed by atoms with Gasteiger partial charge in [-0.05, 0) is 55.9 Å². The molecule has 4 rings (SSSR count). The zero-order valence-electron chi connectivity index (χ0n) is 17.4. The van der Waals surface area contributed by atoms with Crippen LogP contribution in [-0.2, 0) is 0 Å². The molecule has 0 fully saturated rings. The number of quaternary nitrogens is 1. The quantitative estimate of drug-likeness (QED) is 0.402. The monoisotopic (exact) mass is 471 g/mol. The molecular weight excluding hydrogens is 448 g/mol. The van der Waals surface area contributed by atoms with Crippen LogP contribution >= 0.6 is 34.7 Å². The van der Waals surface area contributed by atoms with Gasteiger partial charge in [0.15, 0.2) is 4.34 Å². The molecule has 2 aromatic carbocycles. The molecular formula is C23H24ClN4OS2+. The number of fused-ring (bicyclic) bond motifs is 2. The highest BCUT2D eigenvalue weighted by atomic mass is 35.5. The van der Waals surface area contributed by atoms with Gasteiger partial charge in [0.2, 0.25) is 0 Å². The van der Waals surface area contributed by atoms with Crippen molar-refractivity contribution in [3.05, 3.63) is 59.1 Å². The summed E-state index contributed by atoms with van der Waals surface area (Å²) >= 11 is 9.15. The van der Waals surface area contributed by atoms with Crippen molar-refractivity contribution < 1.29 is 9.69 Å². The fraction of sp³-hybridized carbons (Fsp3) is 0.261. The molecule has 0 saturated heterocycles. The second kappa shape index (κ2) is 9.96. The van der Waals surface area contributed by atoms with Gasteiger partial charge in [-0.3, -0.25) is 4.79 Å². The molecule has 0 aliphatic carbocycles. The fourth-order valence-electron chi connectivity index (χ4n) is 3.46. The van der Waals surface area contributed by atoms with Crippen LogP contribution in [-0.4, -0.2) is 42.1 Å². The number of carbonyl (C=O) groups excluding carboxylic acids is 1. The van der Waals surface area contributed by atoms with E-state index in [1.807, 2.05) is 48.5 Å². The molecule has 2 heterocycles. The Morgan fingerprint density at radius 1 is 1.10 bits per heavy atom. The number of nitrogens with zero attached hydrogens (tertiary/aromatic N) is 2. The molecule has 0 spiro atoms. The van der Waals surface area contributed by atoms with Crippen molar-refractivity contribution in [2.45, 2.75) is 23.2 Å². The van der Waals surface area contributed by atoms with Gasteiger partial charge in [0.25, 0.3) is 5.91 Å². The van der Waals surface area contributed by atoms with Crippen molar-refractivity contribution in [2.75, 3.05) is 26.2 Å². The van der Waals surface area contributed by atoms with Gasteiger partial charge in [0, 0.05) is 10.4 Å². The number of nitrogens with one attached hydrogen (secondary N) is 2. The van der Waals surface area contributed by atoms with Crippen molar-refractivity contribution in [1.82, 2.24) is 15.3 Å². The first kappa shape index (κ1) is 22.0. The van der Waals surface area contributed by atoms with Gasteiger partial charge >= 0.3 is 0 Å². The predicted molar refractivity (Wildman–Crippen MR) is 130 cm³/mol. The van der Waals surface area contributed by atoms with Crippen molar-refractivity contribution in [1.29, 1.82) is 0 Å². The Hall–Kier alpha value is -2.19. The smallest absolute Gasteiger partial charge is 0.252 e. The topological polar surface area (TPSA) is 59.3 Å². The molecule has 0 aliphatic heterocycles. The molecule has 0 unspecified atom stereocenters. The van der Waals surface area contributed by atoms with E-state index in [1.165, 1.54) is 16.7 Å². The summed E-state index contributed by atoms with van der Waals surface area (Å²) in [5.41, 5.74) is 2.32. The number of carbonyl (C=O) groups is 1. The van der Waals surface area contributed by atoms with Crippen LogP contribution in [0.5, 0.6) is 0 Å². The van der Waals surface area contributed by atoms with Crippen LogP contribution < -0.4 is 10.2 Å². The molecule has 0 radical (unpaired) electrons. The Labute approximate surface area is 194 Å². The fourth-order valence-corrected chi connectivity index (χ4v) is 5.63. The van der Waals surface area contributed by atoms with Crippen molar-refractivity contribution in [3.63, 3.8) is 0 Å². The van der Waals surface area contributed by atoms with E-state index in [2.05, 4.69) is 24.1 Å². The maximum atomic E-state index is 13.0. The Morgan fingerprint density at radius 3 is 2.71 bits per heavy atom. The summed E-state index contributed by atoms with van der Waals surface area (Å²) in [6.07, 6.45) is 0. The van der Waals surface area contributed by atoms with E-state index in [0.717, 1.165) is 50.1 Å². The molecule has 4 aromatic rings. The highest BCUT2D eigenvalue weighted by Crippen LogP contribution is 2.35. The molecule has 31 heavy (non-hydrogen) atoms. The number of pyridine rings is 1. The third kappa shape index (κ3) is 5.18. The summed E-state index contributed by atoms with van der Waals surface area (Å²) in [5, 5.41) is 5.36. The van der Waals surface area contributed by atoms with E-state index in [4.69, 9.17) is 16.6 Å². The molecule has 2 aromatic heterocycles. The molecule has 0 aliphatic rings. The Balaban J connectivity index is 1.60. The van der Waals surface area contributed by atoms with Gasteiger partial charge in [-0.1, -0.05) is 29.8 Å². The number of hydrogen-bond donors (Lipinski definition) is 2. The largest absolute Gasteiger partial charge is 0.346 e. The molecule has 0 atom stereocenters. The lowest BCUT2D eigenvalue weighted by atomic mass is 10.1. The summed E-state index contributed by atoms with van der Waals surface area (Å²) < 4.78 is 1.95. The number of rotatable bonds is 8. The first-order valence-electron chi connectivity index (χ1n) is 10.3. The number of thiazole rings is 1. The van der Waals surface area contributed by atoms with Gasteiger partial charge in [-0.2, -0.15) is 0 Å². The number of aromatic nitrogens is 2. The van der Waals surface area contributed by atoms with Crippen molar-refractivity contribution >= 4 is 61.7 Å². The number of halogens is 1. The van der Waals surface area contributed by atoms with Crippen LogP contribution in [0.2, 0.25) is 5.02 Å². The van der Waals surface area contributed by atoms with E-state index in [-0.39, 0.29) is 5.91 Å². The lowest BCUT2D eigenvalue weighted by Crippen LogP contribution is -3.12. The SMILES string of the molecule is CC[NH+](CC)CCNC(=O)c1cc(Sc2nc3cc(Cl)ccc3s2)nc2ccccc12. The molecule has 0 bridgehead atoms. The molecule has 1 amide bonds. The summed E-state index contributed by atoms with van der Waals surface area (Å²) in [7, 11) is 0. The number of para-hydroxylation sites is 1. The van der Waals surface area contributed by atoms with Crippen LogP contribution in [0, 0.1) is 0 Å². The number of amides is 1. The summed E-state index contributed by atoms with van der Waals surface area (Å²) in [4.78, 5) is 23.9. The summed E-state index contributed by atoms with van der Waals surface area (Å²) in [5.74, 6) is -0.0666. The zero-order valence-corrected chi connectivity index (χ0v) is 19.8. The first-order valence-corrected chi connectivity index (χ1v) is 12.3. The van der Waals surface area contributed by atoms with Crippen LogP contribution in [0.25, 0.3) is 21.1 Å². The predicted octanol–water partition coefficient (Wildman–Crippen LogP) is 4.30. The Kier molecular flexibility index (Phi) is 7.07. The highest BCUT2D eigenvalue weighted by molar-refractivity contribution is 8.01. The van der Waals surface area contributed by atoms with E-state index in [9.17, 15) is 4.79 Å². The van der Waals surface area contributed by atoms with Crippen LogP contribution in [0.4, 0.5) is 0 Å². The van der Waals surface area contributed by atoms with Crippen molar-refractivity contribution in [2.24, 2.45) is 0 Å². The molecule has 5 nitrogen and oxygen atoms in total. The Bertz CT molecular complexity index is 1220. The van der Waals surface area contributed by atoms with Gasteiger partial charge < -0.3 is 10.2 Å². The minimum absolute atomic E-state index is 0.0666. The minimum atomic E-state index is -0.0666. The second-order valence-corrected chi connectivity index (χ2v) is 9.92. The van der Waals surface area contributed by atoms with Gasteiger partial charge in [-0.15, -0.1) is 11.3 Å². The minimum Gasteiger partial charge on any atom is -0.346 e. The lowest BCUT2D eigenvalue weighted by Gasteiger charge is -2.16. The molecule has 2 N–H and O–H groups in total. The number of likely N-dealkylation sites (N-methyl/N-ethyl adjacent to an activating group) is 1. The van der Waals surface area contributed by atoms with Crippen LogP contribution in [0.15, 0.2) is 57.9 Å². The van der Waals surface area contributed by atoms with E-state index in [0.29, 0.717) is 17.1 Å². The number of hydrogen-bond acceptors (Lipinski definition) is 5. The third-order valence-corrected chi connectivity index (χ3v) is 7.47. The zero-order chi connectivity index (χ0) is 21.8. The third-order valence-electron chi connectivity index (χ3n) is 5.22. The average molecular weight is 472 g/mol. The van der Waals surface area contributed by atoms with E-state index < -0.39 is 0 Å². The molecule has 0 saturated carbocycles. The van der Waals surface area contributed by atoms with E-state index >= 15 is 0 Å². The summed E-state index contributed by atoms with van der Waals surface area (Å²) in [6, 6.07) is 15.3. The average Bonchev–Trinajstić information content (AvgIpc) is 3.17. The maximum Gasteiger partial charge on any atom is 0.252 e.